The highest BCUT2D eigenvalue weighted by molar-refractivity contribution is 5.71. The van der Waals surface area contributed by atoms with E-state index in [-0.39, 0.29) is 18.6 Å². The zero-order valence-corrected chi connectivity index (χ0v) is 18.0. The van der Waals surface area contributed by atoms with Crippen LogP contribution < -0.4 is 0 Å². The lowest BCUT2D eigenvalue weighted by molar-refractivity contribution is -0.159. The average Bonchev–Trinajstić information content (AvgIpc) is 2.67. The molecule has 2 aromatic rings. The van der Waals surface area contributed by atoms with Crippen molar-refractivity contribution in [1.82, 2.24) is 4.90 Å². The van der Waals surface area contributed by atoms with Gasteiger partial charge in [0.05, 0.1) is 6.61 Å². The van der Waals surface area contributed by atoms with Crippen LogP contribution in [0.5, 0.6) is 0 Å². The smallest absolute Gasteiger partial charge is 0.332 e. The van der Waals surface area contributed by atoms with Crippen LogP contribution in [-0.2, 0) is 27.4 Å². The van der Waals surface area contributed by atoms with Gasteiger partial charge in [-0.25, -0.2) is 4.79 Å². The molecule has 4 nitrogen and oxygen atoms in total. The van der Waals surface area contributed by atoms with Crippen LogP contribution in [0.3, 0.4) is 0 Å². The molecule has 0 aliphatic rings. The summed E-state index contributed by atoms with van der Waals surface area (Å²) in [4.78, 5) is 14.1. The molecule has 0 spiro atoms. The summed E-state index contributed by atoms with van der Waals surface area (Å²) in [6.45, 7) is 9.79. The number of hydrogen-bond acceptors (Lipinski definition) is 4. The first-order valence-corrected chi connectivity index (χ1v) is 10.1. The number of carbonyl (C=O) groups excluding carboxylic acids is 1. The Morgan fingerprint density at radius 1 is 0.966 bits per heavy atom. The van der Waals surface area contributed by atoms with Crippen LogP contribution in [0, 0.1) is 0 Å². The van der Waals surface area contributed by atoms with E-state index in [1.165, 1.54) is 11.1 Å². The Hall–Kier alpha value is -2.43. The third kappa shape index (κ3) is 9.55. The van der Waals surface area contributed by atoms with E-state index in [4.69, 9.17) is 9.47 Å². The summed E-state index contributed by atoms with van der Waals surface area (Å²) >= 11 is 0. The molecule has 1 unspecified atom stereocenters. The van der Waals surface area contributed by atoms with Crippen molar-refractivity contribution in [3.8, 4) is 0 Å². The molecule has 0 bridgehead atoms. The van der Waals surface area contributed by atoms with Crippen molar-refractivity contribution < 1.29 is 14.3 Å². The molecular weight excluding hydrogens is 362 g/mol. The minimum absolute atomic E-state index is 0.0340. The van der Waals surface area contributed by atoms with Crippen molar-refractivity contribution in [2.75, 3.05) is 13.2 Å². The van der Waals surface area contributed by atoms with Gasteiger partial charge in [-0.15, -0.1) is 0 Å². The third-order valence-electron chi connectivity index (χ3n) is 4.30. The fourth-order valence-corrected chi connectivity index (χ4v) is 2.94. The molecule has 0 saturated heterocycles. The Bertz CT molecular complexity index is 709. The molecule has 0 amide bonds. The van der Waals surface area contributed by atoms with Gasteiger partial charge in [0.15, 0.2) is 0 Å². The molecule has 156 valence electrons. The van der Waals surface area contributed by atoms with Crippen molar-refractivity contribution in [2.24, 2.45) is 0 Å². The van der Waals surface area contributed by atoms with Gasteiger partial charge in [0, 0.05) is 19.1 Å². The zero-order valence-electron chi connectivity index (χ0n) is 18.0. The van der Waals surface area contributed by atoms with Gasteiger partial charge < -0.3 is 9.47 Å². The maximum atomic E-state index is 11.7. The molecule has 4 heteroatoms. The molecule has 0 N–H and O–H groups in total. The lowest BCUT2D eigenvalue weighted by Crippen LogP contribution is -2.30. The summed E-state index contributed by atoms with van der Waals surface area (Å²) in [7, 11) is 0. The molecule has 2 aromatic carbocycles. The van der Waals surface area contributed by atoms with Crippen molar-refractivity contribution in [3.63, 3.8) is 0 Å². The number of benzene rings is 2. The summed E-state index contributed by atoms with van der Waals surface area (Å²) in [5.74, 6) is -0.339. The van der Waals surface area contributed by atoms with Crippen LogP contribution in [0.15, 0.2) is 72.8 Å². The zero-order chi connectivity index (χ0) is 21.1. The lowest BCUT2D eigenvalue weighted by atomic mass is 10.1. The van der Waals surface area contributed by atoms with Crippen molar-refractivity contribution >= 4 is 5.97 Å². The molecule has 2 rings (SSSR count). The van der Waals surface area contributed by atoms with Crippen molar-refractivity contribution in [1.29, 1.82) is 0 Å². The Morgan fingerprint density at radius 3 is 1.97 bits per heavy atom. The second-order valence-corrected chi connectivity index (χ2v) is 8.15. The number of rotatable bonds is 10. The Labute approximate surface area is 175 Å². The quantitative estimate of drug-likeness (QED) is 0.323. The van der Waals surface area contributed by atoms with E-state index in [1.807, 2.05) is 39.0 Å². The van der Waals surface area contributed by atoms with Gasteiger partial charge in [-0.05, 0) is 38.8 Å². The SMILES string of the molecule is CC(/C=C/COCC(=O)OC(C)(C)C)N(Cc1ccccc1)Cc1ccccc1. The molecule has 0 aliphatic heterocycles. The van der Waals surface area contributed by atoms with Crippen molar-refractivity contribution in [2.45, 2.75) is 52.4 Å². The summed E-state index contributed by atoms with van der Waals surface area (Å²) in [6, 6.07) is 21.2. The van der Waals surface area contributed by atoms with Gasteiger partial charge in [0.2, 0.25) is 0 Å². The van der Waals surface area contributed by atoms with Gasteiger partial charge in [0.1, 0.15) is 12.2 Å². The highest BCUT2D eigenvalue weighted by Crippen LogP contribution is 2.14. The minimum Gasteiger partial charge on any atom is -0.458 e. The summed E-state index contributed by atoms with van der Waals surface area (Å²) in [5, 5.41) is 0. The first-order valence-electron chi connectivity index (χ1n) is 10.1. The Balaban J connectivity index is 1.89. The lowest BCUT2D eigenvalue weighted by Gasteiger charge is -2.27. The molecule has 1 atom stereocenters. The van der Waals surface area contributed by atoms with E-state index >= 15 is 0 Å². The summed E-state index contributed by atoms with van der Waals surface area (Å²) in [5.41, 5.74) is 2.08. The van der Waals surface area contributed by atoms with E-state index in [9.17, 15) is 4.79 Å². The number of esters is 1. The van der Waals surface area contributed by atoms with Crippen LogP contribution in [0.2, 0.25) is 0 Å². The van der Waals surface area contributed by atoms with Gasteiger partial charge in [0.25, 0.3) is 0 Å². The number of carbonyl (C=O) groups is 1. The molecule has 0 radical (unpaired) electrons. The maximum Gasteiger partial charge on any atom is 0.332 e. The first kappa shape index (κ1) is 22.9. The molecule has 29 heavy (non-hydrogen) atoms. The van der Waals surface area contributed by atoms with Gasteiger partial charge in [-0.3, -0.25) is 4.90 Å². The molecule has 0 fully saturated rings. The summed E-state index contributed by atoms with van der Waals surface area (Å²) < 4.78 is 10.7. The summed E-state index contributed by atoms with van der Waals surface area (Å²) in [6.07, 6.45) is 4.10. The van der Waals surface area contributed by atoms with Crippen LogP contribution in [0.1, 0.15) is 38.8 Å². The highest BCUT2D eigenvalue weighted by atomic mass is 16.6. The van der Waals surface area contributed by atoms with Gasteiger partial charge >= 0.3 is 5.97 Å². The van der Waals surface area contributed by atoms with E-state index < -0.39 is 5.60 Å². The van der Waals surface area contributed by atoms with Crippen LogP contribution >= 0.6 is 0 Å². The standard InChI is InChI=1S/C25H33NO3/c1-21(12-11-17-28-20-24(27)29-25(2,3)4)26(18-22-13-7-5-8-14-22)19-23-15-9-6-10-16-23/h5-16,21H,17-20H2,1-4H3/b12-11+. The predicted octanol–water partition coefficient (Wildman–Crippen LogP) is 4.99. The molecule has 0 aromatic heterocycles. The van der Waals surface area contributed by atoms with E-state index in [0.29, 0.717) is 6.61 Å². The van der Waals surface area contributed by atoms with E-state index in [1.54, 1.807) is 0 Å². The first-order chi connectivity index (χ1) is 13.8. The molecular formula is C25H33NO3. The predicted molar refractivity (Wildman–Crippen MR) is 117 cm³/mol. The van der Waals surface area contributed by atoms with Crippen LogP contribution in [-0.4, -0.2) is 35.7 Å². The second kappa shape index (κ2) is 11.5. The van der Waals surface area contributed by atoms with E-state index in [0.717, 1.165) is 13.1 Å². The number of ether oxygens (including phenoxy) is 2. The highest BCUT2D eigenvalue weighted by Gasteiger charge is 2.16. The Kier molecular flexibility index (Phi) is 9.10. The van der Waals surface area contributed by atoms with Gasteiger partial charge in [-0.2, -0.15) is 0 Å². The Morgan fingerprint density at radius 2 is 1.48 bits per heavy atom. The van der Waals surface area contributed by atoms with Gasteiger partial charge in [-0.1, -0.05) is 72.8 Å². The normalized spacial score (nSPS) is 13.0. The topological polar surface area (TPSA) is 38.8 Å². The molecule has 0 saturated carbocycles. The fraction of sp³-hybridized carbons (Fsp3) is 0.400. The number of hydrogen-bond donors (Lipinski definition) is 0. The fourth-order valence-electron chi connectivity index (χ4n) is 2.94. The van der Waals surface area contributed by atoms with Crippen molar-refractivity contribution in [3.05, 3.63) is 83.9 Å². The average molecular weight is 396 g/mol. The second-order valence-electron chi connectivity index (χ2n) is 8.15. The van der Waals surface area contributed by atoms with E-state index in [2.05, 4.69) is 66.4 Å². The minimum atomic E-state index is -0.486. The maximum absolute atomic E-state index is 11.7. The largest absolute Gasteiger partial charge is 0.458 e. The molecule has 0 heterocycles. The number of nitrogens with zero attached hydrogens (tertiary/aromatic N) is 1. The molecule has 0 aliphatic carbocycles. The van der Waals surface area contributed by atoms with Crippen LogP contribution in [0.4, 0.5) is 0 Å². The monoisotopic (exact) mass is 395 g/mol. The van der Waals surface area contributed by atoms with Crippen LogP contribution in [0.25, 0.3) is 0 Å². The third-order valence-corrected chi connectivity index (χ3v) is 4.30.